The van der Waals surface area contributed by atoms with Gasteiger partial charge in [-0.1, -0.05) is 72.3 Å². The summed E-state index contributed by atoms with van der Waals surface area (Å²) in [6.07, 6.45) is 0.203. The van der Waals surface area contributed by atoms with Crippen molar-refractivity contribution in [2.45, 2.75) is 19.4 Å². The van der Waals surface area contributed by atoms with Crippen LogP contribution in [0.4, 0.5) is 5.13 Å². The van der Waals surface area contributed by atoms with Gasteiger partial charge in [0.15, 0.2) is 5.13 Å². The average molecular weight is 468 g/mol. The first-order chi connectivity index (χ1) is 16.5. The number of carbonyl (C=O) groups is 3. The number of imide groups is 1. The number of anilines is 1. The topological polar surface area (TPSA) is 79.4 Å². The molecule has 0 bridgehead atoms. The van der Waals surface area contributed by atoms with Crippen molar-refractivity contribution in [1.29, 1.82) is 0 Å². The summed E-state index contributed by atoms with van der Waals surface area (Å²) in [5.74, 6) is -1.38. The number of rotatable bonds is 6. The van der Waals surface area contributed by atoms with E-state index in [0.717, 1.165) is 27.3 Å². The summed E-state index contributed by atoms with van der Waals surface area (Å²) >= 11 is 1.30. The van der Waals surface area contributed by atoms with Crippen LogP contribution in [0.25, 0.3) is 11.3 Å². The van der Waals surface area contributed by atoms with Crippen LogP contribution in [0.15, 0.2) is 84.2 Å². The quantitative estimate of drug-likeness (QED) is 0.406. The van der Waals surface area contributed by atoms with Crippen molar-refractivity contribution < 1.29 is 14.4 Å². The van der Waals surface area contributed by atoms with Gasteiger partial charge in [0.05, 0.1) is 16.8 Å². The zero-order chi connectivity index (χ0) is 23.7. The Morgan fingerprint density at radius 2 is 1.53 bits per heavy atom. The van der Waals surface area contributed by atoms with Crippen LogP contribution < -0.4 is 5.32 Å². The fourth-order valence-corrected chi connectivity index (χ4v) is 4.73. The maximum absolute atomic E-state index is 13.4. The van der Waals surface area contributed by atoms with Crippen LogP contribution in [0.2, 0.25) is 0 Å². The number of thiazole rings is 1. The van der Waals surface area contributed by atoms with E-state index in [0.29, 0.717) is 16.3 Å². The highest BCUT2D eigenvalue weighted by Gasteiger charge is 2.42. The minimum atomic E-state index is -1.01. The summed E-state index contributed by atoms with van der Waals surface area (Å²) in [6, 6.07) is 22.9. The van der Waals surface area contributed by atoms with Gasteiger partial charge in [0, 0.05) is 17.4 Å². The summed E-state index contributed by atoms with van der Waals surface area (Å²) in [5.41, 5.74) is 4.32. The van der Waals surface area contributed by atoms with Crippen LogP contribution in [-0.4, -0.2) is 33.6 Å². The first-order valence-corrected chi connectivity index (χ1v) is 11.7. The summed E-state index contributed by atoms with van der Waals surface area (Å²) in [6.45, 7) is 2.02. The molecule has 0 saturated heterocycles. The molecule has 3 aromatic carbocycles. The van der Waals surface area contributed by atoms with Gasteiger partial charge < -0.3 is 5.32 Å². The zero-order valence-corrected chi connectivity index (χ0v) is 19.2. The molecule has 0 radical (unpaired) electrons. The Morgan fingerprint density at radius 3 is 2.18 bits per heavy atom. The average Bonchev–Trinajstić information content (AvgIpc) is 3.42. The van der Waals surface area contributed by atoms with E-state index in [1.165, 1.54) is 11.3 Å². The minimum absolute atomic E-state index is 0.203. The van der Waals surface area contributed by atoms with E-state index in [1.54, 1.807) is 24.3 Å². The highest BCUT2D eigenvalue weighted by Crippen LogP contribution is 2.28. The van der Waals surface area contributed by atoms with E-state index in [-0.39, 0.29) is 6.42 Å². The van der Waals surface area contributed by atoms with Gasteiger partial charge >= 0.3 is 0 Å². The molecule has 1 N–H and O–H groups in total. The van der Waals surface area contributed by atoms with Crippen molar-refractivity contribution in [3.63, 3.8) is 0 Å². The molecule has 0 fully saturated rings. The number of carbonyl (C=O) groups excluding carboxylic acids is 3. The van der Waals surface area contributed by atoms with Crippen molar-refractivity contribution in [2.24, 2.45) is 0 Å². The van der Waals surface area contributed by atoms with Gasteiger partial charge in [-0.25, -0.2) is 4.98 Å². The fourth-order valence-electron chi connectivity index (χ4n) is 4.01. The monoisotopic (exact) mass is 467 g/mol. The number of aromatic nitrogens is 1. The molecule has 1 unspecified atom stereocenters. The standard InChI is InChI=1S/C27H21N3O3S/c1-17-11-13-19(14-12-17)22-16-34-27(28-22)29-24(31)23(15-18-7-3-2-4-8-18)30-25(32)20-9-5-6-10-21(20)26(30)33/h2-14,16,23H,15H2,1H3,(H,28,29,31). The number of nitrogens with one attached hydrogen (secondary N) is 1. The van der Waals surface area contributed by atoms with Crippen LogP contribution >= 0.6 is 11.3 Å². The lowest BCUT2D eigenvalue weighted by atomic mass is 10.0. The lowest BCUT2D eigenvalue weighted by Crippen LogP contribution is -2.48. The van der Waals surface area contributed by atoms with Crippen LogP contribution in [0.1, 0.15) is 31.8 Å². The Labute approximate surface area is 200 Å². The number of fused-ring (bicyclic) bond motifs is 1. The van der Waals surface area contributed by atoms with E-state index >= 15 is 0 Å². The zero-order valence-electron chi connectivity index (χ0n) is 18.4. The normalized spacial score (nSPS) is 13.6. The molecular weight excluding hydrogens is 446 g/mol. The molecule has 0 spiro atoms. The van der Waals surface area contributed by atoms with E-state index in [2.05, 4.69) is 10.3 Å². The molecule has 5 rings (SSSR count). The molecule has 1 aliphatic heterocycles. The molecule has 7 heteroatoms. The highest BCUT2D eigenvalue weighted by atomic mass is 32.1. The van der Waals surface area contributed by atoms with Crippen molar-refractivity contribution in [2.75, 3.05) is 5.32 Å². The number of hydrogen-bond donors (Lipinski definition) is 1. The third-order valence-corrected chi connectivity index (χ3v) is 6.55. The van der Waals surface area contributed by atoms with Crippen LogP contribution in [-0.2, 0) is 11.2 Å². The predicted octanol–water partition coefficient (Wildman–Crippen LogP) is 4.96. The second-order valence-corrected chi connectivity index (χ2v) is 8.98. The lowest BCUT2D eigenvalue weighted by Gasteiger charge is -2.25. The van der Waals surface area contributed by atoms with E-state index < -0.39 is 23.8 Å². The fraction of sp³-hybridized carbons (Fsp3) is 0.111. The molecule has 1 aliphatic rings. The smallest absolute Gasteiger partial charge is 0.262 e. The number of amides is 3. The molecule has 0 aliphatic carbocycles. The molecule has 6 nitrogen and oxygen atoms in total. The van der Waals surface area contributed by atoms with E-state index in [4.69, 9.17) is 0 Å². The Kier molecular flexibility index (Phi) is 5.77. The summed E-state index contributed by atoms with van der Waals surface area (Å²) in [5, 5.41) is 5.11. The van der Waals surface area contributed by atoms with Gasteiger partial charge in [0.2, 0.25) is 5.91 Å². The number of aryl methyl sites for hydroxylation is 1. The maximum Gasteiger partial charge on any atom is 0.262 e. The SMILES string of the molecule is Cc1ccc(-c2csc(NC(=O)C(Cc3ccccc3)N3C(=O)c4ccccc4C3=O)n2)cc1. The van der Waals surface area contributed by atoms with Gasteiger partial charge in [-0.2, -0.15) is 0 Å². The summed E-state index contributed by atoms with van der Waals surface area (Å²) in [7, 11) is 0. The van der Waals surface area contributed by atoms with Crippen molar-refractivity contribution in [1.82, 2.24) is 9.88 Å². The summed E-state index contributed by atoms with van der Waals surface area (Å²) in [4.78, 5) is 45.3. The van der Waals surface area contributed by atoms with Crippen molar-refractivity contribution in [3.8, 4) is 11.3 Å². The first kappa shape index (κ1) is 21.7. The molecule has 3 amide bonds. The number of nitrogens with zero attached hydrogens (tertiary/aromatic N) is 2. The predicted molar refractivity (Wildman–Crippen MR) is 132 cm³/mol. The highest BCUT2D eigenvalue weighted by molar-refractivity contribution is 7.14. The largest absolute Gasteiger partial charge is 0.300 e. The molecule has 1 aromatic heterocycles. The Hall–Kier alpha value is -4.10. The van der Waals surface area contributed by atoms with Crippen LogP contribution in [0, 0.1) is 6.92 Å². The maximum atomic E-state index is 13.4. The second kappa shape index (κ2) is 9.03. The Bertz CT molecular complexity index is 1340. The molecule has 1 atom stereocenters. The lowest BCUT2D eigenvalue weighted by molar-refractivity contribution is -0.119. The van der Waals surface area contributed by atoms with Gasteiger partial charge in [-0.3, -0.25) is 19.3 Å². The third-order valence-electron chi connectivity index (χ3n) is 5.79. The van der Waals surface area contributed by atoms with Gasteiger partial charge in [0.1, 0.15) is 6.04 Å². The Balaban J connectivity index is 1.43. The summed E-state index contributed by atoms with van der Waals surface area (Å²) < 4.78 is 0. The molecular formula is C27H21N3O3S. The minimum Gasteiger partial charge on any atom is -0.300 e. The molecule has 168 valence electrons. The number of hydrogen-bond acceptors (Lipinski definition) is 5. The number of benzene rings is 3. The van der Waals surface area contributed by atoms with Gasteiger partial charge in [0.25, 0.3) is 11.8 Å². The van der Waals surface area contributed by atoms with Gasteiger partial charge in [-0.15, -0.1) is 11.3 Å². The van der Waals surface area contributed by atoms with Crippen LogP contribution in [0.5, 0.6) is 0 Å². The molecule has 0 saturated carbocycles. The van der Waals surface area contributed by atoms with Gasteiger partial charge in [-0.05, 0) is 24.6 Å². The Morgan fingerprint density at radius 1 is 0.912 bits per heavy atom. The second-order valence-electron chi connectivity index (χ2n) is 8.12. The molecule has 2 heterocycles. The molecule has 34 heavy (non-hydrogen) atoms. The van der Waals surface area contributed by atoms with E-state index in [1.807, 2.05) is 66.9 Å². The molecule has 4 aromatic rings. The van der Waals surface area contributed by atoms with E-state index in [9.17, 15) is 14.4 Å². The first-order valence-electron chi connectivity index (χ1n) is 10.9. The van der Waals surface area contributed by atoms with Crippen LogP contribution in [0.3, 0.4) is 0 Å². The third kappa shape index (κ3) is 4.13. The van der Waals surface area contributed by atoms with Crippen molar-refractivity contribution in [3.05, 3.63) is 106 Å². The van der Waals surface area contributed by atoms with Crippen molar-refractivity contribution >= 4 is 34.2 Å².